The van der Waals surface area contributed by atoms with Crippen molar-refractivity contribution in [2.24, 2.45) is 17.4 Å². The Morgan fingerprint density at radius 1 is 0.767 bits per heavy atom. The number of aliphatic hydroxyl groups excluding tert-OH is 3. The minimum absolute atomic E-state index is 0.0361. The molecular weight excluding hydrogens is 794 g/mol. The molecule has 8 atom stereocenters. The van der Waals surface area contributed by atoms with Gasteiger partial charge in [-0.05, 0) is 44.4 Å². The second-order valence-electron chi connectivity index (χ2n) is 15.1. The summed E-state index contributed by atoms with van der Waals surface area (Å²) in [5, 5.41) is 50.3. The van der Waals surface area contributed by atoms with E-state index in [1.165, 1.54) is 22.3 Å². The van der Waals surface area contributed by atoms with Gasteiger partial charge in [0, 0.05) is 37.8 Å². The van der Waals surface area contributed by atoms with Gasteiger partial charge in [-0.3, -0.25) is 38.4 Å². The monoisotopic (exact) mass is 851 g/mol. The maximum atomic E-state index is 14.1. The van der Waals surface area contributed by atoms with Gasteiger partial charge in [0.05, 0.1) is 26.1 Å². The lowest BCUT2D eigenvalue weighted by Crippen LogP contribution is -2.61. The van der Waals surface area contributed by atoms with Crippen LogP contribution in [0.4, 0.5) is 0 Å². The van der Waals surface area contributed by atoms with Crippen LogP contribution in [0.25, 0.3) is 0 Å². The number of H-pyrrole nitrogens is 1. The number of nitrogens with zero attached hydrogens (tertiary/aromatic N) is 3. The van der Waals surface area contributed by atoms with Crippen LogP contribution in [0, 0.1) is 5.92 Å². The lowest BCUT2D eigenvalue weighted by atomic mass is 10.0. The molecule has 2 aliphatic rings. The normalized spacial score (nSPS) is 19.3. The number of nitrogens with two attached hydrogens (primary N) is 2. The highest BCUT2D eigenvalue weighted by atomic mass is 16.4. The van der Waals surface area contributed by atoms with Crippen molar-refractivity contribution < 1.29 is 63.6 Å². The predicted molar refractivity (Wildman–Crippen MR) is 206 cm³/mol. The molecule has 60 heavy (non-hydrogen) atoms. The van der Waals surface area contributed by atoms with Crippen LogP contribution < -0.4 is 38.1 Å². The number of aromatic nitrogens is 2. The quantitative estimate of drug-likeness (QED) is 0.0488. The van der Waals surface area contributed by atoms with Crippen LogP contribution in [0.1, 0.15) is 64.5 Å². The van der Waals surface area contributed by atoms with Crippen molar-refractivity contribution in [2.45, 2.75) is 114 Å². The number of aliphatic hydroxyl groups is 3. The summed E-state index contributed by atoms with van der Waals surface area (Å²) in [6.45, 7) is 1.40. The number of carbonyl (C=O) groups is 9. The molecule has 0 saturated carbocycles. The van der Waals surface area contributed by atoms with E-state index in [0.717, 1.165) is 0 Å². The van der Waals surface area contributed by atoms with Crippen LogP contribution >= 0.6 is 0 Å². The van der Waals surface area contributed by atoms with E-state index in [9.17, 15) is 63.6 Å². The molecule has 2 aliphatic heterocycles. The van der Waals surface area contributed by atoms with Crippen molar-refractivity contribution in [3.8, 4) is 0 Å². The zero-order valence-corrected chi connectivity index (χ0v) is 33.5. The maximum Gasteiger partial charge on any atom is 0.326 e. The molecule has 2 saturated heterocycles. The zero-order valence-electron chi connectivity index (χ0n) is 33.5. The van der Waals surface area contributed by atoms with Crippen LogP contribution in [0.5, 0.6) is 0 Å². The summed E-state index contributed by atoms with van der Waals surface area (Å²) >= 11 is 0. The third-order valence-electron chi connectivity index (χ3n) is 10.1. The first-order valence-corrected chi connectivity index (χ1v) is 19.6. The zero-order chi connectivity index (χ0) is 44.7. The van der Waals surface area contributed by atoms with Crippen LogP contribution in [0.3, 0.4) is 0 Å². The van der Waals surface area contributed by atoms with Gasteiger partial charge < -0.3 is 73.3 Å². The minimum atomic E-state index is -1.75. The van der Waals surface area contributed by atoms with Crippen molar-refractivity contribution in [3.63, 3.8) is 0 Å². The molecule has 0 aliphatic carbocycles. The minimum Gasteiger partial charge on any atom is -0.480 e. The largest absolute Gasteiger partial charge is 0.480 e. The molecular formula is C36H57N11O13. The van der Waals surface area contributed by atoms with Crippen molar-refractivity contribution in [3.05, 3.63) is 18.2 Å². The summed E-state index contributed by atoms with van der Waals surface area (Å²) in [7, 11) is 0. The number of aliphatic carboxylic acids is 1. The van der Waals surface area contributed by atoms with Gasteiger partial charge in [0.2, 0.25) is 47.3 Å². The second kappa shape index (κ2) is 23.2. The fraction of sp³-hybridized carbons (Fsp3) is 0.667. The fourth-order valence-corrected chi connectivity index (χ4v) is 6.88. The molecule has 0 aromatic carbocycles. The molecule has 2 fully saturated rings. The highest BCUT2D eigenvalue weighted by molar-refractivity contribution is 5.98. The average molecular weight is 852 g/mol. The van der Waals surface area contributed by atoms with Crippen LogP contribution in [0.2, 0.25) is 0 Å². The molecule has 24 nitrogen and oxygen atoms in total. The number of likely N-dealkylation sites (tertiary alicyclic amines) is 2. The van der Waals surface area contributed by atoms with Gasteiger partial charge in [0.1, 0.15) is 48.3 Å². The van der Waals surface area contributed by atoms with Gasteiger partial charge in [-0.25, -0.2) is 9.78 Å². The highest BCUT2D eigenvalue weighted by Gasteiger charge is 2.44. The SMILES string of the molecule is CC(C)C[C@H](NC(=O)[C@@H](N)CO)C(=O)N1CCC[C@H]1C(=O)N1CCC[C@H]1C(=O)N[C@@H](Cc1cnc[nH]1)C(=O)N[C@@H](CO)C(=O)N[C@@H](CO)C(=O)N[C@@H](CCC(N)=O)C(=O)O. The molecule has 3 heterocycles. The Balaban J connectivity index is 1.74. The van der Waals surface area contributed by atoms with E-state index in [1.54, 1.807) is 0 Å². The third-order valence-corrected chi connectivity index (χ3v) is 10.1. The summed E-state index contributed by atoms with van der Waals surface area (Å²) < 4.78 is 0. The van der Waals surface area contributed by atoms with E-state index in [1.807, 2.05) is 13.8 Å². The van der Waals surface area contributed by atoms with Crippen molar-refractivity contribution >= 4 is 53.2 Å². The summed E-state index contributed by atoms with van der Waals surface area (Å²) in [6, 6.07) is -10.8. The van der Waals surface area contributed by atoms with Gasteiger partial charge in [-0.1, -0.05) is 13.8 Å². The number of hydrogen-bond acceptors (Lipinski definition) is 14. The lowest BCUT2D eigenvalue weighted by molar-refractivity contribution is -0.148. The van der Waals surface area contributed by atoms with Gasteiger partial charge >= 0.3 is 5.97 Å². The number of aromatic amines is 1. The van der Waals surface area contributed by atoms with Gasteiger partial charge in [0.15, 0.2) is 0 Å². The predicted octanol–water partition coefficient (Wildman–Crippen LogP) is -5.94. The number of carboxylic acids is 1. The number of amides is 8. The molecule has 0 spiro atoms. The second-order valence-corrected chi connectivity index (χ2v) is 15.1. The van der Waals surface area contributed by atoms with E-state index < -0.39 is 121 Å². The van der Waals surface area contributed by atoms with E-state index >= 15 is 0 Å². The van der Waals surface area contributed by atoms with Gasteiger partial charge in [-0.2, -0.15) is 0 Å². The first kappa shape index (κ1) is 48.6. The smallest absolute Gasteiger partial charge is 0.326 e. The number of carbonyl (C=O) groups excluding carboxylic acids is 8. The molecule has 1 aromatic heterocycles. The van der Waals surface area contributed by atoms with E-state index in [2.05, 4.69) is 36.6 Å². The van der Waals surface area contributed by atoms with Crippen LogP contribution in [0.15, 0.2) is 12.5 Å². The Hall–Kier alpha value is -5.72. The first-order valence-electron chi connectivity index (χ1n) is 19.6. The van der Waals surface area contributed by atoms with Crippen molar-refractivity contribution in [1.29, 1.82) is 0 Å². The molecule has 8 amide bonds. The molecule has 0 radical (unpaired) electrons. The molecule has 14 N–H and O–H groups in total. The Kier molecular flexibility index (Phi) is 18.8. The van der Waals surface area contributed by atoms with E-state index in [-0.39, 0.29) is 57.5 Å². The number of rotatable bonds is 23. The Labute approximate surface area is 344 Å². The third kappa shape index (κ3) is 13.7. The fourth-order valence-electron chi connectivity index (χ4n) is 6.88. The van der Waals surface area contributed by atoms with Crippen molar-refractivity contribution in [2.75, 3.05) is 32.9 Å². The summed E-state index contributed by atoms with van der Waals surface area (Å²) in [6.07, 6.45) is 3.35. The number of primary amides is 1. The summed E-state index contributed by atoms with van der Waals surface area (Å²) in [5.74, 6) is -8.13. The Morgan fingerprint density at radius 3 is 1.83 bits per heavy atom. The standard InChI is InChI=1S/C36H57N11O13/c1-18(2)11-23(43-29(52)20(37)14-48)34(57)47-10-4-6-27(47)35(58)46-9-3-5-26(46)33(56)42-22(12-19-13-39-17-40-19)30(53)44-25(16-50)32(55)45-24(15-49)31(54)41-21(36(59)60)7-8-28(38)51/h13,17-18,20-27,48-50H,3-12,14-16,37H2,1-2H3,(H2,38,51)(H,39,40)(H,41,54)(H,42,56)(H,43,52)(H,44,53)(H,45,55)(H,59,60)/t20-,21-,22-,23-,24-,25-,26-,27-/m0/s1. The highest BCUT2D eigenvalue weighted by Crippen LogP contribution is 2.26. The van der Waals surface area contributed by atoms with E-state index in [4.69, 9.17) is 11.5 Å². The number of carboxylic acid groups (broad SMARTS) is 1. The number of hydrogen-bond donors (Lipinski definition) is 12. The molecule has 334 valence electrons. The van der Waals surface area contributed by atoms with Gasteiger partial charge in [-0.15, -0.1) is 0 Å². The topological polar surface area (TPSA) is 382 Å². The maximum absolute atomic E-state index is 14.1. The van der Waals surface area contributed by atoms with Crippen LogP contribution in [-0.2, 0) is 49.6 Å². The van der Waals surface area contributed by atoms with E-state index in [0.29, 0.717) is 18.5 Å². The first-order chi connectivity index (χ1) is 28.4. The van der Waals surface area contributed by atoms with Crippen LogP contribution in [-0.4, -0.2) is 175 Å². The number of nitrogens with one attached hydrogen (secondary N) is 6. The molecule has 1 aromatic rings. The molecule has 3 rings (SSSR count). The molecule has 0 unspecified atom stereocenters. The summed E-state index contributed by atoms with van der Waals surface area (Å²) in [4.78, 5) is 126. The molecule has 24 heteroatoms. The summed E-state index contributed by atoms with van der Waals surface area (Å²) in [5.41, 5.74) is 11.1. The van der Waals surface area contributed by atoms with Gasteiger partial charge in [0.25, 0.3) is 0 Å². The Morgan fingerprint density at radius 2 is 1.32 bits per heavy atom. The Bertz CT molecular complexity index is 1690. The number of imidazole rings is 1. The average Bonchev–Trinajstić information content (AvgIpc) is 4.01. The molecule has 0 bridgehead atoms. The lowest BCUT2D eigenvalue weighted by Gasteiger charge is -2.33. The van der Waals surface area contributed by atoms with Crippen molar-refractivity contribution in [1.82, 2.24) is 46.4 Å².